The molecule has 0 bridgehead atoms. The summed E-state index contributed by atoms with van der Waals surface area (Å²) < 4.78 is 5.63. The van der Waals surface area contributed by atoms with Crippen LogP contribution in [0.3, 0.4) is 0 Å². The molecule has 2 aliphatic carbocycles. The second-order valence-corrected chi connectivity index (χ2v) is 5.36. The first-order valence-electron chi connectivity index (χ1n) is 6.31. The van der Waals surface area contributed by atoms with Gasteiger partial charge in [-0.2, -0.15) is 0 Å². The van der Waals surface area contributed by atoms with Crippen molar-refractivity contribution in [1.29, 1.82) is 0 Å². The van der Waals surface area contributed by atoms with Crippen molar-refractivity contribution in [2.75, 3.05) is 6.61 Å². The van der Waals surface area contributed by atoms with Crippen molar-refractivity contribution < 1.29 is 19.4 Å². The van der Waals surface area contributed by atoms with Gasteiger partial charge in [-0.1, -0.05) is 0 Å². The van der Waals surface area contributed by atoms with Gasteiger partial charge >= 0.3 is 5.97 Å². The zero-order valence-electron chi connectivity index (χ0n) is 9.59. The molecule has 1 saturated heterocycles. The van der Waals surface area contributed by atoms with Gasteiger partial charge in [-0.25, -0.2) is 0 Å². The Labute approximate surface area is 99.5 Å². The molecule has 1 amide bonds. The summed E-state index contributed by atoms with van der Waals surface area (Å²) >= 11 is 0. The van der Waals surface area contributed by atoms with Gasteiger partial charge in [0.15, 0.2) is 0 Å². The van der Waals surface area contributed by atoms with Crippen LogP contribution in [-0.4, -0.2) is 35.7 Å². The molecule has 2 saturated carbocycles. The van der Waals surface area contributed by atoms with Crippen LogP contribution in [-0.2, 0) is 14.3 Å². The molecule has 3 rings (SSSR count). The molecular formula is C12H17NO4. The number of hydrogen-bond donors (Lipinski definition) is 2. The standard InChI is InChI=1S/C12H17NO4/c14-11(7-5-8(7)12(15)16)13-9-3-4-17-10(9)6-1-2-6/h6-10H,1-5H2,(H,13,14)(H,15,16). The minimum Gasteiger partial charge on any atom is -0.481 e. The molecule has 4 unspecified atom stereocenters. The Morgan fingerprint density at radius 2 is 1.94 bits per heavy atom. The summed E-state index contributed by atoms with van der Waals surface area (Å²) in [6.45, 7) is 0.707. The van der Waals surface area contributed by atoms with Crippen LogP contribution >= 0.6 is 0 Å². The van der Waals surface area contributed by atoms with E-state index < -0.39 is 11.9 Å². The van der Waals surface area contributed by atoms with Gasteiger partial charge in [0.25, 0.3) is 0 Å². The fraction of sp³-hybridized carbons (Fsp3) is 0.833. The lowest BCUT2D eigenvalue weighted by Crippen LogP contribution is -2.42. The van der Waals surface area contributed by atoms with Crippen LogP contribution in [0.15, 0.2) is 0 Å². The summed E-state index contributed by atoms with van der Waals surface area (Å²) in [5, 5.41) is 11.7. The summed E-state index contributed by atoms with van der Waals surface area (Å²) in [6, 6.07) is 0.102. The lowest BCUT2D eigenvalue weighted by Gasteiger charge is -2.19. The molecule has 5 heteroatoms. The first kappa shape index (κ1) is 11.0. The number of hydrogen-bond acceptors (Lipinski definition) is 3. The quantitative estimate of drug-likeness (QED) is 0.744. The number of carboxylic acids is 1. The largest absolute Gasteiger partial charge is 0.481 e. The molecule has 5 nitrogen and oxygen atoms in total. The molecule has 1 aliphatic heterocycles. The molecule has 0 radical (unpaired) electrons. The maximum atomic E-state index is 11.8. The third-order valence-corrected chi connectivity index (χ3v) is 3.99. The molecule has 17 heavy (non-hydrogen) atoms. The molecule has 3 aliphatic rings. The van der Waals surface area contributed by atoms with Crippen LogP contribution in [0.4, 0.5) is 0 Å². The van der Waals surface area contributed by atoms with E-state index in [1.165, 1.54) is 12.8 Å². The first-order chi connectivity index (χ1) is 8.16. The number of nitrogens with one attached hydrogen (secondary N) is 1. The summed E-state index contributed by atoms with van der Waals surface area (Å²) in [7, 11) is 0. The average Bonchev–Trinajstić information content (AvgIpc) is 3.18. The highest BCUT2D eigenvalue weighted by Gasteiger charge is 2.50. The van der Waals surface area contributed by atoms with Crippen LogP contribution in [0.2, 0.25) is 0 Å². The summed E-state index contributed by atoms with van der Waals surface area (Å²) in [4.78, 5) is 22.5. The first-order valence-corrected chi connectivity index (χ1v) is 6.31. The number of carboxylic acid groups (broad SMARTS) is 1. The number of amides is 1. The Morgan fingerprint density at radius 3 is 2.53 bits per heavy atom. The van der Waals surface area contributed by atoms with Crippen LogP contribution < -0.4 is 5.32 Å². The highest BCUT2D eigenvalue weighted by atomic mass is 16.5. The van der Waals surface area contributed by atoms with E-state index in [4.69, 9.17) is 9.84 Å². The molecule has 0 aromatic heterocycles. The maximum absolute atomic E-state index is 11.8. The smallest absolute Gasteiger partial charge is 0.307 e. The molecule has 0 aromatic carbocycles. The summed E-state index contributed by atoms with van der Waals surface area (Å²) in [6.07, 6.45) is 3.90. The van der Waals surface area contributed by atoms with Crippen molar-refractivity contribution in [3.8, 4) is 0 Å². The van der Waals surface area contributed by atoms with Crippen LogP contribution in [0.5, 0.6) is 0 Å². The Balaban J connectivity index is 1.53. The van der Waals surface area contributed by atoms with Crippen LogP contribution in [0.25, 0.3) is 0 Å². The number of aliphatic carboxylic acids is 1. The third kappa shape index (κ3) is 2.16. The van der Waals surface area contributed by atoms with Gasteiger partial charge in [0.1, 0.15) is 0 Å². The third-order valence-electron chi connectivity index (χ3n) is 3.99. The maximum Gasteiger partial charge on any atom is 0.307 e. The average molecular weight is 239 g/mol. The lowest BCUT2D eigenvalue weighted by atomic mass is 10.1. The van der Waals surface area contributed by atoms with Gasteiger partial charge in [-0.05, 0) is 31.6 Å². The van der Waals surface area contributed by atoms with Crippen LogP contribution in [0.1, 0.15) is 25.7 Å². The van der Waals surface area contributed by atoms with E-state index >= 15 is 0 Å². The number of ether oxygens (including phenoxy) is 1. The van der Waals surface area contributed by atoms with Crippen molar-refractivity contribution in [3.63, 3.8) is 0 Å². The van der Waals surface area contributed by atoms with E-state index in [2.05, 4.69) is 5.32 Å². The molecule has 0 aromatic rings. The van der Waals surface area contributed by atoms with Gasteiger partial charge in [-0.3, -0.25) is 9.59 Å². The highest BCUT2D eigenvalue weighted by Crippen LogP contribution is 2.41. The van der Waals surface area contributed by atoms with Crippen molar-refractivity contribution in [1.82, 2.24) is 5.32 Å². The van der Waals surface area contributed by atoms with Crippen LogP contribution in [0, 0.1) is 17.8 Å². The number of carbonyl (C=O) groups is 2. The minimum atomic E-state index is -0.855. The van der Waals surface area contributed by atoms with Crippen molar-refractivity contribution >= 4 is 11.9 Å². The summed E-state index contributed by atoms with van der Waals surface area (Å²) in [5.41, 5.74) is 0. The second-order valence-electron chi connectivity index (χ2n) is 5.36. The van der Waals surface area contributed by atoms with Gasteiger partial charge in [0.2, 0.25) is 5.91 Å². The van der Waals surface area contributed by atoms with E-state index in [1.54, 1.807) is 0 Å². The van der Waals surface area contributed by atoms with Gasteiger partial charge in [0, 0.05) is 6.61 Å². The molecule has 94 valence electrons. The zero-order chi connectivity index (χ0) is 12.0. The molecule has 1 heterocycles. The Morgan fingerprint density at radius 1 is 1.18 bits per heavy atom. The zero-order valence-corrected chi connectivity index (χ0v) is 9.59. The van der Waals surface area contributed by atoms with Crippen molar-refractivity contribution in [2.24, 2.45) is 17.8 Å². The molecule has 3 fully saturated rings. The fourth-order valence-corrected chi connectivity index (χ4v) is 2.70. The monoisotopic (exact) mass is 239 g/mol. The highest BCUT2D eigenvalue weighted by molar-refractivity contribution is 5.89. The Kier molecular flexibility index (Phi) is 2.58. The lowest BCUT2D eigenvalue weighted by molar-refractivity contribution is -0.140. The van der Waals surface area contributed by atoms with E-state index in [1.807, 2.05) is 0 Å². The van der Waals surface area contributed by atoms with Gasteiger partial charge in [0.05, 0.1) is 24.0 Å². The van der Waals surface area contributed by atoms with Crippen molar-refractivity contribution in [2.45, 2.75) is 37.8 Å². The van der Waals surface area contributed by atoms with Crippen molar-refractivity contribution in [3.05, 3.63) is 0 Å². The predicted molar refractivity (Wildman–Crippen MR) is 58.2 cm³/mol. The van der Waals surface area contributed by atoms with E-state index in [0.29, 0.717) is 18.9 Å². The number of carbonyl (C=O) groups excluding carboxylic acids is 1. The minimum absolute atomic E-state index is 0.0986. The van der Waals surface area contributed by atoms with E-state index in [-0.39, 0.29) is 24.0 Å². The fourth-order valence-electron chi connectivity index (χ4n) is 2.70. The topological polar surface area (TPSA) is 75.6 Å². The Hall–Kier alpha value is -1.10. The van der Waals surface area contributed by atoms with E-state index in [0.717, 1.165) is 6.42 Å². The van der Waals surface area contributed by atoms with Gasteiger partial charge < -0.3 is 15.2 Å². The predicted octanol–water partition coefficient (Wildman–Crippen LogP) is 0.391. The number of rotatable bonds is 4. The normalized spacial score (nSPS) is 40.0. The molecular weight excluding hydrogens is 222 g/mol. The summed E-state index contributed by atoms with van der Waals surface area (Å²) in [5.74, 6) is -1.12. The SMILES string of the molecule is O=C(O)C1CC1C(=O)NC1CCOC1C1CC1. The van der Waals surface area contributed by atoms with Gasteiger partial charge in [-0.15, -0.1) is 0 Å². The molecule has 4 atom stereocenters. The van der Waals surface area contributed by atoms with E-state index in [9.17, 15) is 9.59 Å². The molecule has 0 spiro atoms. The molecule has 2 N–H and O–H groups in total. The Bertz CT molecular complexity index is 352. The second kappa shape index (κ2) is 3.98.